The van der Waals surface area contributed by atoms with E-state index >= 15 is 0 Å². The van der Waals surface area contributed by atoms with Crippen molar-refractivity contribution in [2.45, 2.75) is 44.6 Å². The fourth-order valence-corrected chi connectivity index (χ4v) is 6.36. The Labute approximate surface area is 196 Å². The largest absolute Gasteiger partial charge is 0.361 e. The van der Waals surface area contributed by atoms with E-state index in [1.165, 1.54) is 4.31 Å². The number of H-pyrrole nitrogens is 1. The number of hydrogen-bond acceptors (Lipinski definition) is 3. The highest BCUT2D eigenvalue weighted by atomic mass is 32.2. The smallest absolute Gasteiger partial charge is 0.257 e. The summed E-state index contributed by atoms with van der Waals surface area (Å²) in [5.41, 5.74) is 3.37. The molecule has 1 amide bonds. The van der Waals surface area contributed by atoms with Crippen molar-refractivity contribution >= 4 is 15.9 Å². The number of sulfonamides is 1. The van der Waals surface area contributed by atoms with Gasteiger partial charge in [-0.25, -0.2) is 8.42 Å². The molecule has 1 N–H and O–H groups in total. The normalized spacial score (nSPS) is 14.2. The number of benzene rings is 2. The third-order valence-electron chi connectivity index (χ3n) is 6.22. The van der Waals surface area contributed by atoms with Crippen molar-refractivity contribution in [3.05, 3.63) is 88.7 Å². The maximum atomic E-state index is 14.1. The van der Waals surface area contributed by atoms with Gasteiger partial charge in [0.1, 0.15) is 4.90 Å². The summed E-state index contributed by atoms with van der Waals surface area (Å²) in [6.07, 6.45) is 2.49. The van der Waals surface area contributed by atoms with Crippen molar-refractivity contribution in [3.8, 4) is 0 Å². The molecule has 2 heterocycles. The van der Waals surface area contributed by atoms with Gasteiger partial charge >= 0.3 is 0 Å². The third-order valence-corrected chi connectivity index (χ3v) is 8.23. The summed E-state index contributed by atoms with van der Waals surface area (Å²) in [5, 5.41) is 0. The number of aromatic nitrogens is 1. The zero-order valence-corrected chi connectivity index (χ0v) is 20.1. The van der Waals surface area contributed by atoms with Crippen molar-refractivity contribution in [1.29, 1.82) is 0 Å². The molecule has 33 heavy (non-hydrogen) atoms. The van der Waals surface area contributed by atoms with Crippen LogP contribution in [0.2, 0.25) is 0 Å². The van der Waals surface area contributed by atoms with Gasteiger partial charge in [-0.3, -0.25) is 4.79 Å². The van der Waals surface area contributed by atoms with Crippen LogP contribution in [0.5, 0.6) is 0 Å². The fraction of sp³-hybridized carbons (Fsp3) is 0.346. The Morgan fingerprint density at radius 2 is 1.48 bits per heavy atom. The van der Waals surface area contributed by atoms with E-state index in [0.29, 0.717) is 37.4 Å². The summed E-state index contributed by atoms with van der Waals surface area (Å²) in [5.74, 6) is -0.198. The Morgan fingerprint density at radius 1 is 0.909 bits per heavy atom. The highest BCUT2D eigenvalue weighted by Crippen LogP contribution is 2.30. The van der Waals surface area contributed by atoms with Crippen molar-refractivity contribution in [1.82, 2.24) is 14.2 Å². The molecule has 0 saturated carbocycles. The van der Waals surface area contributed by atoms with Crippen molar-refractivity contribution in [3.63, 3.8) is 0 Å². The molecular weight excluding hydrogens is 434 g/mol. The summed E-state index contributed by atoms with van der Waals surface area (Å²) in [7, 11) is -3.93. The van der Waals surface area contributed by atoms with Gasteiger partial charge in [0.2, 0.25) is 10.0 Å². The van der Waals surface area contributed by atoms with Crippen LogP contribution in [0, 0.1) is 13.8 Å². The number of hydrogen-bond donors (Lipinski definition) is 1. The van der Waals surface area contributed by atoms with Crippen LogP contribution >= 0.6 is 0 Å². The van der Waals surface area contributed by atoms with E-state index in [1.54, 1.807) is 18.7 Å². The summed E-state index contributed by atoms with van der Waals surface area (Å²) in [6.45, 7) is 5.42. The fourth-order valence-electron chi connectivity index (χ4n) is 4.52. The van der Waals surface area contributed by atoms with Crippen LogP contribution in [-0.2, 0) is 23.0 Å². The maximum Gasteiger partial charge on any atom is 0.257 e. The Hall–Kier alpha value is -2.90. The maximum absolute atomic E-state index is 14.1. The molecule has 2 aromatic carbocycles. The van der Waals surface area contributed by atoms with E-state index in [1.807, 2.05) is 60.7 Å². The van der Waals surface area contributed by atoms with Crippen LogP contribution in [0.3, 0.4) is 0 Å². The van der Waals surface area contributed by atoms with Gasteiger partial charge in [0.05, 0.1) is 5.56 Å². The first kappa shape index (κ1) is 23.3. The van der Waals surface area contributed by atoms with Gasteiger partial charge in [0.25, 0.3) is 5.91 Å². The zero-order chi connectivity index (χ0) is 23.4. The molecule has 1 fully saturated rings. The third kappa shape index (κ3) is 5.04. The van der Waals surface area contributed by atoms with E-state index in [-0.39, 0.29) is 22.9 Å². The number of amides is 1. The van der Waals surface area contributed by atoms with E-state index in [4.69, 9.17) is 0 Å². The topological polar surface area (TPSA) is 73.5 Å². The first-order valence-electron chi connectivity index (χ1n) is 11.4. The number of carbonyl (C=O) groups excluding carboxylic acids is 1. The number of nitrogens with zero attached hydrogens (tertiary/aromatic N) is 2. The molecule has 0 radical (unpaired) electrons. The van der Waals surface area contributed by atoms with Crippen molar-refractivity contribution < 1.29 is 13.2 Å². The second-order valence-corrected chi connectivity index (χ2v) is 10.5. The van der Waals surface area contributed by atoms with Crippen molar-refractivity contribution in [2.75, 3.05) is 19.6 Å². The molecule has 4 rings (SSSR count). The molecule has 1 saturated heterocycles. The van der Waals surface area contributed by atoms with Crippen LogP contribution in [0.25, 0.3) is 0 Å². The predicted molar refractivity (Wildman–Crippen MR) is 130 cm³/mol. The number of aryl methyl sites for hydroxylation is 2. The number of rotatable bonds is 8. The molecule has 7 heteroatoms. The van der Waals surface area contributed by atoms with E-state index < -0.39 is 10.0 Å². The molecule has 6 nitrogen and oxygen atoms in total. The highest BCUT2D eigenvalue weighted by Gasteiger charge is 2.35. The molecule has 174 valence electrons. The lowest BCUT2D eigenvalue weighted by Crippen LogP contribution is -2.35. The molecule has 1 aliphatic heterocycles. The van der Waals surface area contributed by atoms with Gasteiger partial charge in [0.15, 0.2) is 0 Å². The Morgan fingerprint density at radius 3 is 2.09 bits per heavy atom. The van der Waals surface area contributed by atoms with E-state index in [9.17, 15) is 13.2 Å². The standard InChI is InChI=1S/C26H31N3O3S/c1-20-24(26(30)28-16-9-10-17-28)25(21(2)27-20)33(31,32)29(19-23-13-7-4-8-14-23)18-15-22-11-5-3-6-12-22/h3-8,11-14,27H,9-10,15-19H2,1-2H3. The Bertz CT molecular complexity index is 1200. The van der Waals surface area contributed by atoms with Gasteiger partial charge in [-0.2, -0.15) is 4.31 Å². The molecule has 0 spiro atoms. The van der Waals surface area contributed by atoms with Gasteiger partial charge in [-0.1, -0.05) is 60.7 Å². The average molecular weight is 466 g/mol. The van der Waals surface area contributed by atoms with Crippen LogP contribution in [0.1, 0.15) is 45.7 Å². The second kappa shape index (κ2) is 9.93. The minimum Gasteiger partial charge on any atom is -0.361 e. The SMILES string of the molecule is Cc1[nH]c(C)c(S(=O)(=O)N(CCc2ccccc2)Cc2ccccc2)c1C(=O)N1CCCC1. The molecular formula is C26H31N3O3S. The molecule has 0 unspecified atom stereocenters. The second-order valence-electron chi connectivity index (χ2n) is 8.64. The summed E-state index contributed by atoms with van der Waals surface area (Å²) < 4.78 is 29.6. The molecule has 0 atom stereocenters. The molecule has 1 aliphatic rings. The molecule has 0 bridgehead atoms. The van der Waals surface area contributed by atoms with Crippen LogP contribution in [-0.4, -0.2) is 48.1 Å². The Balaban J connectivity index is 1.72. The summed E-state index contributed by atoms with van der Waals surface area (Å²) in [4.78, 5) is 18.3. The molecule has 1 aromatic heterocycles. The minimum absolute atomic E-state index is 0.112. The van der Waals surface area contributed by atoms with Crippen LogP contribution < -0.4 is 0 Å². The summed E-state index contributed by atoms with van der Waals surface area (Å²) >= 11 is 0. The quantitative estimate of drug-likeness (QED) is 0.539. The minimum atomic E-state index is -3.93. The van der Waals surface area contributed by atoms with Gasteiger partial charge < -0.3 is 9.88 Å². The first-order chi connectivity index (χ1) is 15.9. The monoisotopic (exact) mass is 465 g/mol. The lowest BCUT2D eigenvalue weighted by atomic mass is 10.1. The van der Waals surface area contributed by atoms with Gasteiger partial charge in [0, 0.05) is 37.6 Å². The lowest BCUT2D eigenvalue weighted by Gasteiger charge is -2.24. The number of nitrogens with one attached hydrogen (secondary N) is 1. The number of likely N-dealkylation sites (tertiary alicyclic amines) is 1. The number of aromatic amines is 1. The van der Waals surface area contributed by atoms with Crippen LogP contribution in [0.4, 0.5) is 0 Å². The van der Waals surface area contributed by atoms with Crippen molar-refractivity contribution in [2.24, 2.45) is 0 Å². The van der Waals surface area contributed by atoms with Gasteiger partial charge in [-0.15, -0.1) is 0 Å². The predicted octanol–water partition coefficient (Wildman–Crippen LogP) is 4.30. The average Bonchev–Trinajstić information content (AvgIpc) is 3.45. The van der Waals surface area contributed by atoms with E-state index in [2.05, 4.69) is 4.98 Å². The van der Waals surface area contributed by atoms with Gasteiger partial charge in [-0.05, 0) is 44.2 Å². The van der Waals surface area contributed by atoms with E-state index in [0.717, 1.165) is 24.0 Å². The van der Waals surface area contributed by atoms with Crippen LogP contribution in [0.15, 0.2) is 65.6 Å². The molecule has 0 aliphatic carbocycles. The zero-order valence-electron chi connectivity index (χ0n) is 19.3. The Kier molecular flexibility index (Phi) is 7.00. The number of carbonyl (C=O) groups is 1. The molecule has 3 aromatic rings. The summed E-state index contributed by atoms with van der Waals surface area (Å²) in [6, 6.07) is 19.4. The first-order valence-corrected chi connectivity index (χ1v) is 12.9. The lowest BCUT2D eigenvalue weighted by molar-refractivity contribution is 0.0788. The highest BCUT2D eigenvalue weighted by molar-refractivity contribution is 7.89.